The lowest BCUT2D eigenvalue weighted by Crippen LogP contribution is -2.12. The van der Waals surface area contributed by atoms with Crippen molar-refractivity contribution >= 4 is 39.7 Å². The zero-order chi connectivity index (χ0) is 30.2. The highest BCUT2D eigenvalue weighted by molar-refractivity contribution is 6.09. The fourth-order valence-electron chi connectivity index (χ4n) is 5.56. The smallest absolute Gasteiger partial charge is 0.198 e. The first-order valence-corrected chi connectivity index (χ1v) is 14.9. The molecule has 1 atom stereocenters. The molecule has 0 saturated heterocycles. The zero-order valence-electron chi connectivity index (χ0n) is 25.8. The molecule has 216 valence electrons. The largest absolute Gasteiger partial charge is 0.497 e. The molecule has 0 radical (unpaired) electrons. The maximum Gasteiger partial charge on any atom is 0.198 e. The van der Waals surface area contributed by atoms with Crippen LogP contribution in [0.25, 0.3) is 44.5 Å². The maximum atomic E-state index is 9.26. The third-order valence-corrected chi connectivity index (χ3v) is 8.00. The molecule has 0 aliphatic carbocycles. The number of fused-ring (bicyclic) bond motifs is 3. The molecule has 0 spiro atoms. The second-order valence-electron chi connectivity index (χ2n) is 10.9. The van der Waals surface area contributed by atoms with Gasteiger partial charge in [-0.3, -0.25) is 0 Å². The quantitative estimate of drug-likeness (QED) is 0.0986. The van der Waals surface area contributed by atoms with Crippen molar-refractivity contribution in [3.05, 3.63) is 87.8 Å². The molecule has 0 aliphatic heterocycles. The zero-order valence-corrected chi connectivity index (χ0v) is 25.8. The SMILES string of the molecule is [C-]#[N+]/C(=C\c1ccc2c(c1)c1cc(/C=C(/C)C#N)ccc1n2CC)c1cc(OCC(CC)CCCC)c(C)cc1OC. The van der Waals surface area contributed by atoms with Gasteiger partial charge < -0.3 is 14.0 Å². The summed E-state index contributed by atoms with van der Waals surface area (Å²) in [4.78, 5) is 3.94. The highest BCUT2D eigenvalue weighted by Gasteiger charge is 2.16. The van der Waals surface area contributed by atoms with Gasteiger partial charge in [-0.2, -0.15) is 5.26 Å². The van der Waals surface area contributed by atoms with Crippen molar-refractivity contribution in [2.45, 2.75) is 66.8 Å². The van der Waals surface area contributed by atoms with E-state index in [-0.39, 0.29) is 0 Å². The van der Waals surface area contributed by atoms with Crippen LogP contribution in [-0.4, -0.2) is 18.3 Å². The number of nitriles is 1. The molecule has 0 fully saturated rings. The second-order valence-corrected chi connectivity index (χ2v) is 10.9. The summed E-state index contributed by atoms with van der Waals surface area (Å²) >= 11 is 0. The summed E-state index contributed by atoms with van der Waals surface area (Å²) in [5.41, 5.74) is 7.12. The minimum atomic E-state index is 0.501. The lowest BCUT2D eigenvalue weighted by atomic mass is 10.0. The van der Waals surface area contributed by atoms with Crippen LogP contribution in [0.5, 0.6) is 11.5 Å². The number of aromatic nitrogens is 1. The molecule has 3 aromatic carbocycles. The number of benzene rings is 3. The number of unbranched alkanes of at least 4 members (excludes halogenated alkanes) is 1. The minimum absolute atomic E-state index is 0.501. The fraction of sp³-hybridized carbons (Fsp3) is 0.351. The van der Waals surface area contributed by atoms with Gasteiger partial charge in [-0.25, -0.2) is 4.85 Å². The monoisotopic (exact) mass is 559 g/mol. The van der Waals surface area contributed by atoms with E-state index < -0.39 is 0 Å². The Balaban J connectivity index is 1.78. The summed E-state index contributed by atoms with van der Waals surface area (Å²) in [6.45, 7) is 20.0. The molecule has 0 saturated carbocycles. The number of hydrogen-bond acceptors (Lipinski definition) is 3. The second kappa shape index (κ2) is 13.9. The standard InChI is InChI=1S/C37H41N3O2/c1-8-11-12-27(9-2)24-42-36-22-32(37(41-7)18-26(36)5)33(39-6)21-29-14-16-35-31(20-29)30-19-28(17-25(4)23-38)13-15-34(30)40(35)10-3/h13-22,27H,8-12,24H2,1-5,7H3/b25-17-,33-21-. The van der Waals surface area contributed by atoms with Crippen LogP contribution in [0.1, 0.15) is 75.6 Å². The molecular weight excluding hydrogens is 518 g/mol. The van der Waals surface area contributed by atoms with E-state index in [9.17, 15) is 5.26 Å². The number of hydrogen-bond donors (Lipinski definition) is 0. The van der Waals surface area contributed by atoms with Gasteiger partial charge in [0.05, 0.1) is 26.4 Å². The first-order valence-electron chi connectivity index (χ1n) is 14.9. The Kier molecular flexibility index (Phi) is 10.1. The average Bonchev–Trinajstić information content (AvgIpc) is 3.32. The van der Waals surface area contributed by atoms with Crippen LogP contribution in [0.2, 0.25) is 0 Å². The summed E-state index contributed by atoms with van der Waals surface area (Å²) in [5.74, 6) is 1.97. The number of aryl methyl sites for hydroxylation is 2. The van der Waals surface area contributed by atoms with Crippen LogP contribution in [-0.2, 0) is 6.54 Å². The number of ether oxygens (including phenoxy) is 2. The van der Waals surface area contributed by atoms with Crippen molar-refractivity contribution in [1.29, 1.82) is 5.26 Å². The van der Waals surface area contributed by atoms with Gasteiger partial charge in [0, 0.05) is 39.5 Å². The van der Waals surface area contributed by atoms with E-state index in [0.717, 1.165) is 69.2 Å². The lowest BCUT2D eigenvalue weighted by molar-refractivity contribution is 0.232. The van der Waals surface area contributed by atoms with Crippen LogP contribution in [0.15, 0.2) is 54.1 Å². The predicted octanol–water partition coefficient (Wildman–Crippen LogP) is 10.1. The molecule has 1 aromatic heterocycles. The van der Waals surface area contributed by atoms with E-state index in [1.807, 2.05) is 38.1 Å². The van der Waals surface area contributed by atoms with Crippen molar-refractivity contribution < 1.29 is 9.47 Å². The van der Waals surface area contributed by atoms with Crippen LogP contribution in [0, 0.1) is 30.7 Å². The van der Waals surface area contributed by atoms with Crippen molar-refractivity contribution in [3.8, 4) is 17.6 Å². The minimum Gasteiger partial charge on any atom is -0.497 e. The van der Waals surface area contributed by atoms with Gasteiger partial charge >= 0.3 is 0 Å². The molecule has 1 heterocycles. The van der Waals surface area contributed by atoms with Crippen LogP contribution < -0.4 is 9.47 Å². The van der Waals surface area contributed by atoms with Gasteiger partial charge in [-0.05, 0) is 98.4 Å². The first-order chi connectivity index (χ1) is 20.4. The van der Waals surface area contributed by atoms with E-state index in [1.54, 1.807) is 7.11 Å². The molecular formula is C37H41N3O2. The first kappa shape index (κ1) is 30.5. The number of allylic oxidation sites excluding steroid dienone is 1. The Hall–Kier alpha value is -4.48. The van der Waals surface area contributed by atoms with Crippen LogP contribution >= 0.6 is 0 Å². The summed E-state index contributed by atoms with van der Waals surface area (Å²) in [6, 6.07) is 18.8. The van der Waals surface area contributed by atoms with Gasteiger partial charge in [-0.15, -0.1) is 0 Å². The van der Waals surface area contributed by atoms with Gasteiger partial charge in [0.25, 0.3) is 0 Å². The van der Waals surface area contributed by atoms with Gasteiger partial charge in [-0.1, -0.05) is 45.2 Å². The van der Waals surface area contributed by atoms with Crippen molar-refractivity contribution in [1.82, 2.24) is 4.57 Å². The molecule has 1 unspecified atom stereocenters. The number of rotatable bonds is 12. The summed E-state index contributed by atoms with van der Waals surface area (Å²) in [6.07, 6.45) is 8.48. The molecule has 0 aliphatic rings. The molecule has 5 heteroatoms. The van der Waals surface area contributed by atoms with E-state index >= 15 is 0 Å². The number of methoxy groups -OCH3 is 1. The van der Waals surface area contributed by atoms with Crippen molar-refractivity contribution in [2.75, 3.05) is 13.7 Å². The van der Waals surface area contributed by atoms with Crippen molar-refractivity contribution in [2.24, 2.45) is 5.92 Å². The molecule has 0 amide bonds. The van der Waals surface area contributed by atoms with Gasteiger partial charge in [0.1, 0.15) is 11.5 Å². The summed E-state index contributed by atoms with van der Waals surface area (Å²) in [7, 11) is 1.64. The predicted molar refractivity (Wildman–Crippen MR) is 175 cm³/mol. The fourth-order valence-corrected chi connectivity index (χ4v) is 5.56. The Morgan fingerprint density at radius 2 is 1.67 bits per heavy atom. The Morgan fingerprint density at radius 1 is 1.00 bits per heavy atom. The molecule has 4 aromatic rings. The molecule has 5 nitrogen and oxygen atoms in total. The molecule has 0 N–H and O–H groups in total. The van der Waals surface area contributed by atoms with E-state index in [2.05, 4.69) is 72.7 Å². The highest BCUT2D eigenvalue weighted by Crippen LogP contribution is 2.37. The highest BCUT2D eigenvalue weighted by atomic mass is 16.5. The van der Waals surface area contributed by atoms with Crippen molar-refractivity contribution in [3.63, 3.8) is 0 Å². The lowest BCUT2D eigenvalue weighted by Gasteiger charge is -2.18. The maximum absolute atomic E-state index is 9.26. The Morgan fingerprint density at radius 3 is 2.21 bits per heavy atom. The normalized spacial score (nSPS) is 12.8. The van der Waals surface area contributed by atoms with Gasteiger partial charge in [0.2, 0.25) is 0 Å². The van der Waals surface area contributed by atoms with Gasteiger partial charge in [0.15, 0.2) is 5.70 Å². The molecule has 42 heavy (non-hydrogen) atoms. The van der Waals surface area contributed by atoms with Crippen LogP contribution in [0.3, 0.4) is 0 Å². The number of nitrogens with zero attached hydrogens (tertiary/aromatic N) is 3. The Bertz CT molecular complexity index is 1730. The van der Waals surface area contributed by atoms with E-state index in [1.165, 1.54) is 12.8 Å². The average molecular weight is 560 g/mol. The third kappa shape index (κ3) is 6.53. The van der Waals surface area contributed by atoms with E-state index in [0.29, 0.717) is 29.5 Å². The molecule has 4 rings (SSSR count). The van der Waals surface area contributed by atoms with E-state index in [4.69, 9.17) is 16.0 Å². The topological polar surface area (TPSA) is 51.5 Å². The Labute approximate surface area is 250 Å². The summed E-state index contributed by atoms with van der Waals surface area (Å²) in [5, 5.41) is 11.5. The third-order valence-electron chi connectivity index (χ3n) is 8.00. The summed E-state index contributed by atoms with van der Waals surface area (Å²) < 4.78 is 14.4. The molecule has 0 bridgehead atoms. The van der Waals surface area contributed by atoms with Crippen LogP contribution in [0.4, 0.5) is 0 Å².